The van der Waals surface area contributed by atoms with Crippen LogP contribution in [0.3, 0.4) is 0 Å². The summed E-state index contributed by atoms with van der Waals surface area (Å²) in [5.41, 5.74) is 0.661. The smallest absolute Gasteiger partial charge is 0.387 e. The van der Waals surface area contributed by atoms with E-state index < -0.39 is 12.2 Å². The van der Waals surface area contributed by atoms with Gasteiger partial charge in [-0.2, -0.15) is 0 Å². The average molecular weight is 331 g/mol. The van der Waals surface area contributed by atoms with E-state index in [0.717, 1.165) is 6.20 Å². The van der Waals surface area contributed by atoms with Gasteiger partial charge in [0.15, 0.2) is 6.29 Å². The summed E-state index contributed by atoms with van der Waals surface area (Å²) in [6.45, 7) is 1.52. The largest absolute Gasteiger partial charge is 0.574 e. The van der Waals surface area contributed by atoms with E-state index in [2.05, 4.69) is 9.72 Å². The fraction of sp³-hybridized carbons (Fsp3) is 0.250. The van der Waals surface area contributed by atoms with Crippen molar-refractivity contribution < 1.29 is 22.7 Å². The lowest BCUT2D eigenvalue weighted by molar-refractivity contribution is -0.276. The molecule has 0 saturated carbocycles. The Kier molecular flexibility index (Phi) is 3.53. The summed E-state index contributed by atoms with van der Waals surface area (Å²) >= 11 is 1.65. The Morgan fingerprint density at radius 2 is 2.13 bits per heavy atom. The zero-order chi connectivity index (χ0) is 11.6. The van der Waals surface area contributed by atoms with E-state index in [9.17, 15) is 18.0 Å². The normalized spacial score (nSPS) is 11.3. The highest BCUT2D eigenvalue weighted by molar-refractivity contribution is 14.1. The molecule has 1 rings (SSSR count). The van der Waals surface area contributed by atoms with Crippen molar-refractivity contribution in [2.75, 3.05) is 0 Å². The molecule has 0 radical (unpaired) electrons. The van der Waals surface area contributed by atoms with Crippen LogP contribution in [0.25, 0.3) is 0 Å². The molecular formula is C8H5F3INO2. The number of nitrogens with zero attached hydrogens (tertiary/aromatic N) is 1. The first-order valence-corrected chi connectivity index (χ1v) is 4.79. The van der Waals surface area contributed by atoms with Gasteiger partial charge in [-0.3, -0.25) is 4.79 Å². The third-order valence-electron chi connectivity index (χ3n) is 1.61. The minimum atomic E-state index is -4.78. The average Bonchev–Trinajstić information content (AvgIpc) is 2.11. The molecule has 3 nitrogen and oxygen atoms in total. The van der Waals surface area contributed by atoms with Gasteiger partial charge in [0, 0.05) is 11.8 Å². The maximum absolute atomic E-state index is 11.9. The Balaban J connectivity index is 3.12. The number of pyridine rings is 1. The van der Waals surface area contributed by atoms with Crippen LogP contribution in [0.5, 0.6) is 5.88 Å². The summed E-state index contributed by atoms with van der Waals surface area (Å²) in [6, 6.07) is 0. The first-order chi connectivity index (χ1) is 6.85. The minimum absolute atomic E-state index is 0.175. The van der Waals surface area contributed by atoms with Crippen LogP contribution in [0.4, 0.5) is 13.2 Å². The Hall–Kier alpha value is -0.860. The first-order valence-electron chi connectivity index (χ1n) is 3.71. The number of halogens is 4. The number of aromatic nitrogens is 1. The maximum Gasteiger partial charge on any atom is 0.574 e. The molecule has 7 heteroatoms. The molecule has 82 valence electrons. The van der Waals surface area contributed by atoms with E-state index in [1.165, 1.54) is 6.92 Å². The van der Waals surface area contributed by atoms with E-state index in [0.29, 0.717) is 11.8 Å². The summed E-state index contributed by atoms with van der Waals surface area (Å²) in [7, 11) is 0. The second-order valence-electron chi connectivity index (χ2n) is 2.62. The SMILES string of the molecule is Cc1c(C=O)cnc(OC(F)(F)F)c1I. The van der Waals surface area contributed by atoms with Gasteiger partial charge >= 0.3 is 6.36 Å². The van der Waals surface area contributed by atoms with Crippen molar-refractivity contribution in [1.29, 1.82) is 0 Å². The summed E-state index contributed by atoms with van der Waals surface area (Å²) in [5.74, 6) is -0.536. The molecule has 0 spiro atoms. The molecule has 1 aromatic rings. The quantitative estimate of drug-likeness (QED) is 0.618. The summed E-state index contributed by atoms with van der Waals surface area (Å²) in [6.07, 6.45) is -3.20. The molecular weight excluding hydrogens is 326 g/mol. The number of rotatable bonds is 2. The minimum Gasteiger partial charge on any atom is -0.387 e. The van der Waals surface area contributed by atoms with E-state index in [-0.39, 0.29) is 9.13 Å². The molecule has 0 atom stereocenters. The van der Waals surface area contributed by atoms with E-state index >= 15 is 0 Å². The van der Waals surface area contributed by atoms with Gasteiger partial charge < -0.3 is 4.74 Å². The summed E-state index contributed by atoms with van der Waals surface area (Å²) in [5, 5.41) is 0. The number of hydrogen-bond donors (Lipinski definition) is 0. The molecule has 0 aliphatic heterocycles. The van der Waals surface area contributed by atoms with Gasteiger partial charge in [0.1, 0.15) is 0 Å². The monoisotopic (exact) mass is 331 g/mol. The zero-order valence-corrected chi connectivity index (χ0v) is 9.59. The first kappa shape index (κ1) is 12.2. The van der Waals surface area contributed by atoms with Gasteiger partial charge in [-0.15, -0.1) is 13.2 Å². The lowest BCUT2D eigenvalue weighted by Gasteiger charge is -2.11. The number of carbonyl (C=O) groups excluding carboxylic acids is 1. The number of hydrogen-bond acceptors (Lipinski definition) is 3. The Morgan fingerprint density at radius 3 is 2.60 bits per heavy atom. The van der Waals surface area contributed by atoms with Crippen molar-refractivity contribution in [3.8, 4) is 5.88 Å². The second-order valence-corrected chi connectivity index (χ2v) is 3.70. The van der Waals surface area contributed by atoms with Crippen LogP contribution < -0.4 is 4.74 Å². The Labute approximate surface area is 96.8 Å². The molecule has 0 unspecified atom stereocenters. The predicted molar refractivity (Wildman–Crippen MR) is 53.8 cm³/mol. The van der Waals surface area contributed by atoms with Gasteiger partial charge in [-0.1, -0.05) is 0 Å². The van der Waals surface area contributed by atoms with E-state index in [1.54, 1.807) is 22.6 Å². The van der Waals surface area contributed by atoms with Gasteiger partial charge in [0.2, 0.25) is 5.88 Å². The van der Waals surface area contributed by atoms with Crippen molar-refractivity contribution in [3.63, 3.8) is 0 Å². The molecule has 1 aromatic heterocycles. The van der Waals surface area contributed by atoms with Crippen molar-refractivity contribution in [1.82, 2.24) is 4.98 Å². The van der Waals surface area contributed by atoms with Gasteiger partial charge in [0.05, 0.1) is 3.57 Å². The number of carbonyl (C=O) groups is 1. The third-order valence-corrected chi connectivity index (χ3v) is 2.88. The highest BCUT2D eigenvalue weighted by atomic mass is 127. The van der Waals surface area contributed by atoms with Crippen LogP contribution in [-0.2, 0) is 0 Å². The molecule has 1 heterocycles. The van der Waals surface area contributed by atoms with Crippen LogP contribution in [0, 0.1) is 10.5 Å². The number of alkyl halides is 3. The van der Waals surface area contributed by atoms with E-state index in [1.807, 2.05) is 0 Å². The fourth-order valence-corrected chi connectivity index (χ4v) is 1.43. The van der Waals surface area contributed by atoms with Crippen LogP contribution in [0.1, 0.15) is 15.9 Å². The summed E-state index contributed by atoms with van der Waals surface area (Å²) < 4.78 is 39.6. The Morgan fingerprint density at radius 1 is 1.53 bits per heavy atom. The molecule has 0 saturated heterocycles. The fourth-order valence-electron chi connectivity index (χ4n) is 0.868. The van der Waals surface area contributed by atoms with Crippen LogP contribution in [0.15, 0.2) is 6.20 Å². The van der Waals surface area contributed by atoms with Crippen LogP contribution in [0.2, 0.25) is 0 Å². The number of ether oxygens (including phenoxy) is 1. The topological polar surface area (TPSA) is 39.2 Å². The molecule has 0 fully saturated rings. The standard InChI is InChI=1S/C8H5F3INO2/c1-4-5(3-14)2-13-7(6(4)12)15-8(9,10)11/h2-3H,1H3. The van der Waals surface area contributed by atoms with Crippen LogP contribution in [-0.4, -0.2) is 17.6 Å². The van der Waals surface area contributed by atoms with Gasteiger partial charge in [-0.05, 0) is 35.1 Å². The highest BCUT2D eigenvalue weighted by Crippen LogP contribution is 2.28. The zero-order valence-electron chi connectivity index (χ0n) is 7.43. The second kappa shape index (κ2) is 4.33. The van der Waals surface area contributed by atoms with Gasteiger partial charge in [0.25, 0.3) is 0 Å². The molecule has 0 aromatic carbocycles. The van der Waals surface area contributed by atoms with Crippen molar-refractivity contribution in [3.05, 3.63) is 20.9 Å². The molecule has 0 aliphatic carbocycles. The lowest BCUT2D eigenvalue weighted by atomic mass is 10.2. The third kappa shape index (κ3) is 3.05. The van der Waals surface area contributed by atoms with Crippen molar-refractivity contribution in [2.24, 2.45) is 0 Å². The van der Waals surface area contributed by atoms with Gasteiger partial charge in [-0.25, -0.2) is 4.98 Å². The predicted octanol–water partition coefficient (Wildman–Crippen LogP) is 2.71. The molecule has 15 heavy (non-hydrogen) atoms. The van der Waals surface area contributed by atoms with E-state index in [4.69, 9.17) is 0 Å². The highest BCUT2D eigenvalue weighted by Gasteiger charge is 2.33. The molecule has 0 amide bonds. The van der Waals surface area contributed by atoms with Crippen LogP contribution >= 0.6 is 22.6 Å². The maximum atomic E-state index is 11.9. The van der Waals surface area contributed by atoms with Crippen molar-refractivity contribution >= 4 is 28.9 Å². The van der Waals surface area contributed by atoms with Crippen molar-refractivity contribution in [2.45, 2.75) is 13.3 Å². The Bertz CT molecular complexity index is 392. The number of aldehydes is 1. The molecule has 0 N–H and O–H groups in total. The summed E-state index contributed by atoms with van der Waals surface area (Å²) in [4.78, 5) is 13.9. The molecule has 0 aliphatic rings. The lowest BCUT2D eigenvalue weighted by Crippen LogP contribution is -2.19. The molecule has 0 bridgehead atoms.